The van der Waals surface area contributed by atoms with E-state index in [9.17, 15) is 19.7 Å². The summed E-state index contributed by atoms with van der Waals surface area (Å²) in [5, 5.41) is 17.0. The Balaban J connectivity index is 1.40. The van der Waals surface area contributed by atoms with E-state index in [1.54, 1.807) is 0 Å². The molecule has 2 aromatic carbocycles. The normalized spacial score (nSPS) is 12.8. The van der Waals surface area contributed by atoms with Gasteiger partial charge in [-0.05, 0) is 55.0 Å². The summed E-state index contributed by atoms with van der Waals surface area (Å²) in [6, 6.07) is 9.96. The largest absolute Gasteiger partial charge is 0.484 e. The van der Waals surface area contributed by atoms with Gasteiger partial charge in [0.05, 0.1) is 17.7 Å². The number of aryl methyl sites for hydroxylation is 2. The molecular weight excluding hydrogens is 424 g/mol. The Morgan fingerprint density at radius 2 is 1.90 bits per heavy atom. The van der Waals surface area contributed by atoms with Crippen LogP contribution < -0.4 is 15.5 Å². The average Bonchev–Trinajstić information content (AvgIpc) is 2.77. The maximum absolute atomic E-state index is 11.9. The van der Waals surface area contributed by atoms with Crippen molar-refractivity contribution in [2.75, 3.05) is 13.2 Å². The smallest absolute Gasteiger partial charge is 0.288 e. The van der Waals surface area contributed by atoms with E-state index >= 15 is 0 Å². The second kappa shape index (κ2) is 10.5. The van der Waals surface area contributed by atoms with Crippen molar-refractivity contribution in [1.29, 1.82) is 0 Å². The molecule has 1 aliphatic rings. The zero-order valence-corrected chi connectivity index (χ0v) is 17.4. The number of hydrazone groups is 1. The molecule has 1 aliphatic carbocycles. The first-order valence-corrected chi connectivity index (χ1v) is 10.1. The lowest BCUT2D eigenvalue weighted by atomic mass is 9.92. The molecule has 0 unspecified atom stereocenters. The van der Waals surface area contributed by atoms with Crippen LogP contribution in [0.5, 0.6) is 5.75 Å². The summed E-state index contributed by atoms with van der Waals surface area (Å²) in [6.45, 7) is -0.492. The molecule has 0 radical (unpaired) electrons. The summed E-state index contributed by atoms with van der Waals surface area (Å²) in [6.07, 6.45) is 5.68. The second-order valence-electron chi connectivity index (χ2n) is 6.96. The molecule has 2 N–H and O–H groups in total. The van der Waals surface area contributed by atoms with Gasteiger partial charge in [-0.2, -0.15) is 5.10 Å². The number of fused-ring (bicyclic) bond motifs is 1. The van der Waals surface area contributed by atoms with Crippen LogP contribution in [0.15, 0.2) is 41.5 Å². The van der Waals surface area contributed by atoms with Gasteiger partial charge in [-0.1, -0.05) is 23.7 Å². The predicted octanol–water partition coefficient (Wildman–Crippen LogP) is 2.77. The number of carbonyl (C=O) groups is 2. The van der Waals surface area contributed by atoms with Crippen molar-refractivity contribution in [1.82, 2.24) is 10.7 Å². The van der Waals surface area contributed by atoms with Crippen molar-refractivity contribution >= 4 is 35.3 Å². The zero-order valence-electron chi connectivity index (χ0n) is 16.6. The van der Waals surface area contributed by atoms with E-state index in [2.05, 4.69) is 15.8 Å². The summed E-state index contributed by atoms with van der Waals surface area (Å²) >= 11 is 5.74. The Morgan fingerprint density at radius 1 is 1.13 bits per heavy atom. The number of carbonyl (C=O) groups excluding carboxylic acids is 2. The quantitative estimate of drug-likeness (QED) is 0.368. The molecule has 2 amide bonds. The number of amides is 2. The van der Waals surface area contributed by atoms with Crippen molar-refractivity contribution in [3.05, 3.63) is 68.2 Å². The third kappa shape index (κ3) is 6.51. The molecule has 162 valence electrons. The molecule has 2 aromatic rings. The summed E-state index contributed by atoms with van der Waals surface area (Å²) in [5.41, 5.74) is 4.94. The number of rotatable bonds is 8. The third-order valence-electron chi connectivity index (χ3n) is 4.71. The van der Waals surface area contributed by atoms with Gasteiger partial charge < -0.3 is 10.1 Å². The van der Waals surface area contributed by atoms with Gasteiger partial charge in [0.15, 0.2) is 6.61 Å². The Hall–Kier alpha value is -3.46. The number of hydrogen-bond acceptors (Lipinski definition) is 6. The number of benzene rings is 2. The van der Waals surface area contributed by atoms with Crippen molar-refractivity contribution in [2.45, 2.75) is 25.7 Å². The topological polar surface area (TPSA) is 123 Å². The van der Waals surface area contributed by atoms with Crippen LogP contribution in [0, 0.1) is 10.1 Å². The molecule has 10 heteroatoms. The monoisotopic (exact) mass is 444 g/mol. The molecular formula is C21H21ClN4O5. The Labute approximate surface area is 183 Å². The molecule has 0 spiro atoms. The first-order valence-electron chi connectivity index (χ1n) is 9.69. The van der Waals surface area contributed by atoms with Crippen LogP contribution >= 0.6 is 11.6 Å². The Bertz CT molecular complexity index is 1020. The number of ether oxygens (including phenoxy) is 1. The van der Waals surface area contributed by atoms with Crippen LogP contribution in [0.25, 0.3) is 0 Å². The number of nitrogens with zero attached hydrogens (tertiary/aromatic N) is 2. The van der Waals surface area contributed by atoms with Gasteiger partial charge in [0, 0.05) is 11.6 Å². The van der Waals surface area contributed by atoms with Crippen LogP contribution in [-0.2, 0) is 22.4 Å². The van der Waals surface area contributed by atoms with Crippen LogP contribution in [0.3, 0.4) is 0 Å². The first kappa shape index (κ1) is 22.2. The summed E-state index contributed by atoms with van der Waals surface area (Å²) in [7, 11) is 0. The molecule has 0 fully saturated rings. The highest BCUT2D eigenvalue weighted by Gasteiger charge is 2.13. The second-order valence-corrected chi connectivity index (χ2v) is 7.37. The van der Waals surface area contributed by atoms with Gasteiger partial charge in [-0.25, -0.2) is 5.43 Å². The van der Waals surface area contributed by atoms with E-state index in [-0.39, 0.29) is 23.9 Å². The molecule has 0 saturated carbocycles. The van der Waals surface area contributed by atoms with E-state index in [1.807, 2.05) is 18.2 Å². The van der Waals surface area contributed by atoms with Gasteiger partial charge in [0.1, 0.15) is 10.8 Å². The molecule has 3 rings (SSSR count). The minimum Gasteiger partial charge on any atom is -0.484 e. The number of hydrogen-bond donors (Lipinski definition) is 2. The van der Waals surface area contributed by atoms with Crippen LogP contribution in [0.4, 0.5) is 5.69 Å². The van der Waals surface area contributed by atoms with E-state index in [1.165, 1.54) is 42.0 Å². The van der Waals surface area contributed by atoms with E-state index in [0.717, 1.165) is 19.3 Å². The highest BCUT2D eigenvalue weighted by Crippen LogP contribution is 2.25. The lowest BCUT2D eigenvalue weighted by Crippen LogP contribution is -2.37. The third-order valence-corrected chi connectivity index (χ3v) is 5.03. The molecule has 0 saturated heterocycles. The van der Waals surface area contributed by atoms with Gasteiger partial charge in [0.2, 0.25) is 0 Å². The van der Waals surface area contributed by atoms with Crippen LogP contribution in [0.2, 0.25) is 5.02 Å². The minimum atomic E-state index is -0.611. The lowest BCUT2D eigenvalue weighted by molar-refractivity contribution is -0.384. The fourth-order valence-electron chi connectivity index (χ4n) is 3.15. The van der Waals surface area contributed by atoms with E-state index in [4.69, 9.17) is 16.3 Å². The fourth-order valence-corrected chi connectivity index (χ4v) is 3.33. The Morgan fingerprint density at radius 3 is 2.68 bits per heavy atom. The van der Waals surface area contributed by atoms with Gasteiger partial charge in [-0.3, -0.25) is 19.7 Å². The maximum Gasteiger partial charge on any atom is 0.288 e. The van der Waals surface area contributed by atoms with E-state index < -0.39 is 16.7 Å². The summed E-state index contributed by atoms with van der Waals surface area (Å²) in [4.78, 5) is 34.0. The molecule has 0 bridgehead atoms. The summed E-state index contributed by atoms with van der Waals surface area (Å²) in [5.74, 6) is -0.367. The average molecular weight is 445 g/mol. The van der Waals surface area contributed by atoms with Crippen molar-refractivity contribution < 1.29 is 19.2 Å². The SMILES string of the molecule is O=C(COc1ccc2c(c1)CCCC2)NCC(=O)N/N=C\c1ccc(Cl)c([N+](=O)[O-])c1. The molecule has 9 nitrogen and oxygen atoms in total. The summed E-state index contributed by atoms with van der Waals surface area (Å²) < 4.78 is 5.51. The van der Waals surface area contributed by atoms with Crippen molar-refractivity contribution in [3.63, 3.8) is 0 Å². The number of nitrogens with one attached hydrogen (secondary N) is 2. The molecule has 31 heavy (non-hydrogen) atoms. The van der Waals surface area contributed by atoms with Gasteiger partial charge >= 0.3 is 0 Å². The lowest BCUT2D eigenvalue weighted by Gasteiger charge is -2.16. The highest BCUT2D eigenvalue weighted by atomic mass is 35.5. The van der Waals surface area contributed by atoms with Gasteiger partial charge in [0.25, 0.3) is 17.5 Å². The number of nitro benzene ring substituents is 1. The molecule has 0 aromatic heterocycles. The molecule has 0 heterocycles. The predicted molar refractivity (Wildman–Crippen MR) is 115 cm³/mol. The van der Waals surface area contributed by atoms with Crippen molar-refractivity contribution in [3.8, 4) is 5.75 Å². The number of halogens is 1. The van der Waals surface area contributed by atoms with E-state index in [0.29, 0.717) is 11.3 Å². The standard InChI is InChI=1S/C21H21ClN4O5/c22-18-8-5-14(9-19(18)26(29)30)11-24-25-20(27)12-23-21(28)13-31-17-7-6-15-3-1-2-4-16(15)10-17/h5-11H,1-4,12-13H2,(H,23,28)(H,25,27)/b24-11-. The van der Waals surface area contributed by atoms with Crippen LogP contribution in [-0.4, -0.2) is 36.1 Å². The zero-order chi connectivity index (χ0) is 22.2. The maximum atomic E-state index is 11.9. The number of nitro groups is 1. The Kier molecular flexibility index (Phi) is 7.55. The fraction of sp³-hybridized carbons (Fsp3) is 0.286. The van der Waals surface area contributed by atoms with Crippen molar-refractivity contribution in [2.24, 2.45) is 5.10 Å². The molecule has 0 atom stereocenters. The highest BCUT2D eigenvalue weighted by molar-refractivity contribution is 6.32. The molecule has 0 aliphatic heterocycles. The first-order chi connectivity index (χ1) is 14.9. The minimum absolute atomic E-state index is 0.00602. The van der Waals surface area contributed by atoms with Crippen LogP contribution in [0.1, 0.15) is 29.5 Å². The van der Waals surface area contributed by atoms with Gasteiger partial charge in [-0.15, -0.1) is 0 Å².